The van der Waals surface area contributed by atoms with Gasteiger partial charge in [-0.2, -0.15) is 0 Å². The normalized spacial score (nSPS) is 23.9. The first-order chi connectivity index (χ1) is 16.4. The average Bonchev–Trinajstić information content (AvgIpc) is 3.35. The summed E-state index contributed by atoms with van der Waals surface area (Å²) >= 11 is 0. The number of allylic oxidation sites excluding steroid dienone is 3. The molecule has 7 nitrogen and oxygen atoms in total. The highest BCUT2D eigenvalue weighted by Gasteiger charge is 2.35. The molecule has 3 N–H and O–H groups in total. The summed E-state index contributed by atoms with van der Waals surface area (Å²) in [5, 5.41) is 12.9. The highest BCUT2D eigenvalue weighted by Crippen LogP contribution is 2.38. The van der Waals surface area contributed by atoms with Crippen LogP contribution in [0.2, 0.25) is 0 Å². The lowest BCUT2D eigenvalue weighted by Crippen LogP contribution is -2.40. The zero-order valence-corrected chi connectivity index (χ0v) is 20.7. The molecule has 2 unspecified atom stereocenters. The summed E-state index contributed by atoms with van der Waals surface area (Å²) in [7, 11) is 3.71. The van der Waals surface area contributed by atoms with Gasteiger partial charge in [-0.25, -0.2) is 4.99 Å². The molecule has 3 heterocycles. The fraction of sp³-hybridized carbons (Fsp3) is 0.407. The molecular weight excluding hydrogens is 426 g/mol. The summed E-state index contributed by atoms with van der Waals surface area (Å²) in [5.74, 6) is 2.10. The number of rotatable bonds is 8. The number of aromatic nitrogens is 2. The molecule has 0 fully saturated rings. The smallest absolute Gasteiger partial charge is 0.138 e. The van der Waals surface area contributed by atoms with Crippen molar-refractivity contribution in [2.45, 2.75) is 38.8 Å². The molecule has 7 heteroatoms. The summed E-state index contributed by atoms with van der Waals surface area (Å²) in [6.07, 6.45) is 12.4. The zero-order chi connectivity index (χ0) is 24.4. The Morgan fingerprint density at radius 1 is 1.35 bits per heavy atom. The number of aromatic amines is 1. The van der Waals surface area contributed by atoms with E-state index in [0.29, 0.717) is 0 Å². The molecule has 180 valence electrons. The van der Waals surface area contributed by atoms with Gasteiger partial charge in [0.05, 0.1) is 24.2 Å². The highest BCUT2D eigenvalue weighted by atomic mass is 16.5. The van der Waals surface area contributed by atoms with Crippen molar-refractivity contribution in [2.75, 3.05) is 20.7 Å². The number of hydrogen-bond acceptors (Lipinski definition) is 6. The second kappa shape index (κ2) is 9.99. The molecule has 34 heavy (non-hydrogen) atoms. The van der Waals surface area contributed by atoms with Crippen LogP contribution in [0.3, 0.4) is 0 Å². The van der Waals surface area contributed by atoms with E-state index >= 15 is 0 Å². The standard InChI is InChI=1S/C27H35N5O2/c1-8-19-10-9-11-20(22(19)13-28-6)26-24-15(2)23(31-27(24)30-14-29-26)12-21(17(4)33-7)25-16(3)32-34-18(25)5/h8-12,14,17,20-22,26,28,31H,1-2,13H2,3-7H3,(H,29,30)/b23-12+/t17?,20-,21+,22?,26+/m0/s1. The van der Waals surface area contributed by atoms with E-state index in [2.05, 4.69) is 70.2 Å². The van der Waals surface area contributed by atoms with Crippen LogP contribution in [-0.4, -0.2) is 43.3 Å². The number of H-pyrrole nitrogens is 1. The van der Waals surface area contributed by atoms with Crippen molar-refractivity contribution >= 4 is 24.8 Å². The molecule has 2 aromatic rings. The van der Waals surface area contributed by atoms with E-state index in [0.717, 1.165) is 45.5 Å². The molecule has 0 spiro atoms. The Hall–Kier alpha value is -3.16. The van der Waals surface area contributed by atoms with E-state index in [-0.39, 0.29) is 29.9 Å². The fourth-order valence-electron chi connectivity index (χ4n) is 5.26. The SMILES string of the molecule is C=CC1=CC=C[C@H]([C@H]2NC=Nc3[nH]/c(=C/[C@@H](c4c(C)noc4C)C(C)OC)c(=C)c32)C1CNC. The van der Waals surface area contributed by atoms with Gasteiger partial charge >= 0.3 is 0 Å². The van der Waals surface area contributed by atoms with E-state index in [1.165, 1.54) is 5.57 Å². The lowest BCUT2D eigenvalue weighted by molar-refractivity contribution is 0.109. The molecular formula is C27H35N5O2. The number of nitrogens with one attached hydrogen (secondary N) is 3. The number of aliphatic imine (C=N–C) groups is 1. The third-order valence-corrected chi connectivity index (χ3v) is 7.12. The fourth-order valence-corrected chi connectivity index (χ4v) is 5.26. The number of nitrogens with zero attached hydrogens (tertiary/aromatic N) is 2. The first-order valence-electron chi connectivity index (χ1n) is 11.7. The Morgan fingerprint density at radius 2 is 2.15 bits per heavy atom. The van der Waals surface area contributed by atoms with Gasteiger partial charge in [0.25, 0.3) is 0 Å². The molecule has 2 aromatic heterocycles. The molecule has 0 aromatic carbocycles. The molecule has 0 saturated heterocycles. The predicted octanol–water partition coefficient (Wildman–Crippen LogP) is 3.07. The van der Waals surface area contributed by atoms with Gasteiger partial charge in [-0.15, -0.1) is 0 Å². The van der Waals surface area contributed by atoms with Crippen molar-refractivity contribution in [1.29, 1.82) is 0 Å². The molecule has 1 aliphatic carbocycles. The van der Waals surface area contributed by atoms with Gasteiger partial charge in [-0.3, -0.25) is 0 Å². The maximum absolute atomic E-state index is 5.73. The summed E-state index contributed by atoms with van der Waals surface area (Å²) in [4.78, 5) is 8.13. The van der Waals surface area contributed by atoms with Crippen molar-refractivity contribution in [1.82, 2.24) is 20.8 Å². The van der Waals surface area contributed by atoms with Crippen LogP contribution in [0, 0.1) is 25.7 Å². The number of hydrogen-bond donors (Lipinski definition) is 3. The van der Waals surface area contributed by atoms with Crippen LogP contribution in [0.25, 0.3) is 12.7 Å². The third-order valence-electron chi connectivity index (χ3n) is 7.12. The lowest BCUT2D eigenvalue weighted by Gasteiger charge is -2.35. The van der Waals surface area contributed by atoms with E-state index in [4.69, 9.17) is 9.26 Å². The van der Waals surface area contributed by atoms with Crippen LogP contribution in [0.15, 0.2) is 46.0 Å². The van der Waals surface area contributed by atoms with Crippen molar-refractivity contribution in [2.24, 2.45) is 16.8 Å². The van der Waals surface area contributed by atoms with Gasteiger partial charge in [-0.1, -0.05) is 42.6 Å². The van der Waals surface area contributed by atoms with Gasteiger partial charge in [0.15, 0.2) is 0 Å². The third kappa shape index (κ3) is 4.21. The Bertz CT molecular complexity index is 1230. The number of ether oxygens (including phenoxy) is 1. The quantitative estimate of drug-likeness (QED) is 0.562. The summed E-state index contributed by atoms with van der Waals surface area (Å²) in [6, 6.07) is 0.0361. The van der Waals surface area contributed by atoms with E-state index < -0.39 is 0 Å². The van der Waals surface area contributed by atoms with Gasteiger partial charge in [0.1, 0.15) is 11.6 Å². The first-order valence-corrected chi connectivity index (χ1v) is 11.7. The van der Waals surface area contributed by atoms with Crippen LogP contribution in [0.1, 0.15) is 41.5 Å². The molecule has 0 bridgehead atoms. The second-order valence-corrected chi connectivity index (χ2v) is 9.05. The average molecular weight is 462 g/mol. The Kier molecular flexibility index (Phi) is 7.05. The number of fused-ring (bicyclic) bond motifs is 1. The minimum Gasteiger partial charge on any atom is -0.381 e. The Labute approximate surface area is 201 Å². The number of aryl methyl sites for hydroxylation is 2. The minimum atomic E-state index is -0.0736. The molecule has 0 radical (unpaired) electrons. The Balaban J connectivity index is 1.80. The summed E-state index contributed by atoms with van der Waals surface area (Å²) < 4.78 is 11.2. The van der Waals surface area contributed by atoms with Crippen LogP contribution in [-0.2, 0) is 4.74 Å². The maximum atomic E-state index is 5.73. The predicted molar refractivity (Wildman–Crippen MR) is 138 cm³/mol. The van der Waals surface area contributed by atoms with Gasteiger partial charge < -0.3 is 24.9 Å². The van der Waals surface area contributed by atoms with E-state index in [1.807, 2.05) is 27.0 Å². The molecule has 0 amide bonds. The van der Waals surface area contributed by atoms with Crippen molar-refractivity contribution in [3.8, 4) is 0 Å². The topological polar surface area (TPSA) is 87.5 Å². The van der Waals surface area contributed by atoms with E-state index in [1.54, 1.807) is 13.4 Å². The molecule has 0 saturated carbocycles. The largest absolute Gasteiger partial charge is 0.381 e. The highest BCUT2D eigenvalue weighted by molar-refractivity contribution is 5.67. The monoisotopic (exact) mass is 461 g/mol. The van der Waals surface area contributed by atoms with Gasteiger partial charge in [-0.05, 0) is 44.7 Å². The van der Waals surface area contributed by atoms with Gasteiger partial charge in [0.2, 0.25) is 0 Å². The van der Waals surface area contributed by atoms with Gasteiger partial charge in [0, 0.05) is 47.9 Å². The van der Waals surface area contributed by atoms with Crippen LogP contribution in [0.4, 0.5) is 5.82 Å². The summed E-state index contributed by atoms with van der Waals surface area (Å²) in [6.45, 7) is 15.3. The second-order valence-electron chi connectivity index (χ2n) is 9.05. The maximum Gasteiger partial charge on any atom is 0.138 e. The Morgan fingerprint density at radius 3 is 2.79 bits per heavy atom. The first kappa shape index (κ1) is 24.0. The van der Waals surface area contributed by atoms with Crippen LogP contribution in [0.5, 0.6) is 0 Å². The van der Waals surface area contributed by atoms with Crippen LogP contribution >= 0.6 is 0 Å². The zero-order valence-electron chi connectivity index (χ0n) is 20.7. The van der Waals surface area contributed by atoms with Crippen molar-refractivity contribution in [3.05, 3.63) is 69.6 Å². The molecule has 5 atom stereocenters. The van der Waals surface area contributed by atoms with Crippen LogP contribution < -0.4 is 21.2 Å². The van der Waals surface area contributed by atoms with Crippen molar-refractivity contribution in [3.63, 3.8) is 0 Å². The van der Waals surface area contributed by atoms with E-state index in [9.17, 15) is 0 Å². The van der Waals surface area contributed by atoms with Crippen molar-refractivity contribution < 1.29 is 9.26 Å². The molecule has 2 aliphatic rings. The summed E-state index contributed by atoms with van der Waals surface area (Å²) in [5.41, 5.74) is 4.24. The number of methoxy groups -OCH3 is 1. The molecule has 4 rings (SSSR count). The lowest BCUT2D eigenvalue weighted by atomic mass is 9.75. The molecule has 1 aliphatic heterocycles. The minimum absolute atomic E-state index is 0.0361.